The Kier molecular flexibility index (Phi) is 13.9. The van der Waals surface area contributed by atoms with Crippen molar-refractivity contribution in [3.8, 4) is 0 Å². The highest BCUT2D eigenvalue weighted by Gasteiger charge is 2.27. The molecule has 0 fully saturated rings. The third kappa shape index (κ3) is 11.7. The maximum absolute atomic E-state index is 13.2. The first-order valence-corrected chi connectivity index (χ1v) is 13.8. The zero-order valence-corrected chi connectivity index (χ0v) is 22.8. The molecule has 0 unspecified atom stereocenters. The van der Waals surface area contributed by atoms with Gasteiger partial charge in [0.1, 0.15) is 6.61 Å². The average Bonchev–Trinajstić information content (AvgIpc) is 2.97. The van der Waals surface area contributed by atoms with E-state index in [1.54, 1.807) is 0 Å². The molecule has 0 spiro atoms. The molecule has 2 aromatic rings. The van der Waals surface area contributed by atoms with Gasteiger partial charge in [-0.25, -0.2) is 0 Å². The number of nitrogens with one attached hydrogen (secondary N) is 2. The number of aliphatic hydroxyl groups is 1. The lowest BCUT2D eigenvalue weighted by molar-refractivity contribution is -0.150. The second kappa shape index (κ2) is 17.9. The number of ether oxygens (including phenoxy) is 3. The van der Waals surface area contributed by atoms with Crippen molar-refractivity contribution in [2.45, 2.75) is 38.3 Å². The van der Waals surface area contributed by atoms with Crippen LogP contribution in [0.2, 0.25) is 0 Å². The molecule has 40 heavy (non-hydrogen) atoms. The third-order valence-electron chi connectivity index (χ3n) is 6.48. The Morgan fingerprint density at radius 3 is 2.30 bits per heavy atom. The molecule has 1 heterocycles. The molecule has 0 bridgehead atoms. The monoisotopic (exact) mass is 552 g/mol. The first-order chi connectivity index (χ1) is 19.5. The van der Waals surface area contributed by atoms with Crippen LogP contribution in [0.25, 0.3) is 0 Å². The fourth-order valence-corrected chi connectivity index (χ4v) is 4.34. The van der Waals surface area contributed by atoms with E-state index in [1.807, 2.05) is 72.8 Å². The number of hydrogen-bond acceptors (Lipinski definition) is 7. The van der Waals surface area contributed by atoms with Crippen LogP contribution in [0.1, 0.15) is 30.4 Å². The number of allylic oxidation sites excluding steroid dienone is 2. The first-order valence-electron chi connectivity index (χ1n) is 13.8. The van der Waals surface area contributed by atoms with E-state index in [2.05, 4.69) is 10.6 Å². The highest BCUT2D eigenvalue weighted by atomic mass is 16.5. The van der Waals surface area contributed by atoms with Gasteiger partial charge in [-0.15, -0.1) is 0 Å². The van der Waals surface area contributed by atoms with Crippen LogP contribution >= 0.6 is 0 Å². The van der Waals surface area contributed by atoms with Crippen molar-refractivity contribution in [2.75, 3.05) is 39.6 Å². The van der Waals surface area contributed by atoms with E-state index >= 15 is 0 Å². The Bertz CT molecular complexity index is 1060. The van der Waals surface area contributed by atoms with Gasteiger partial charge in [-0.05, 0) is 30.4 Å². The van der Waals surface area contributed by atoms with Gasteiger partial charge in [0.2, 0.25) is 11.8 Å². The van der Waals surface area contributed by atoms with Crippen LogP contribution in [0.15, 0.2) is 72.8 Å². The number of cyclic esters (lactones) is 1. The molecule has 1 aliphatic heterocycles. The van der Waals surface area contributed by atoms with Gasteiger partial charge in [-0.2, -0.15) is 0 Å². The van der Waals surface area contributed by atoms with Crippen molar-refractivity contribution in [1.29, 1.82) is 0 Å². The first kappa shape index (κ1) is 31.0. The van der Waals surface area contributed by atoms with E-state index in [0.29, 0.717) is 25.9 Å². The molecule has 0 aromatic heterocycles. The average molecular weight is 553 g/mol. The summed E-state index contributed by atoms with van der Waals surface area (Å²) in [6.45, 7) is 1.15. The number of hydrogen-bond donors (Lipinski definition) is 3. The fraction of sp³-hybridized carbons (Fsp3) is 0.452. The standard InChI is InChI=1S/C31H40N2O7/c34-16-18-38-17-15-32-29(35)20-26-13-7-8-14-27(19-24-9-3-1-4-10-24)31(37)40-23-28(33-30(26)36)22-39-21-25-11-5-2-6-12-25/h1-12,26-28,34H,13-23H2,(H,32,35)(H,33,36)/t26-,27-,28+/m1/s1. The summed E-state index contributed by atoms with van der Waals surface area (Å²) in [4.78, 5) is 38.8. The van der Waals surface area contributed by atoms with Crippen molar-refractivity contribution in [3.63, 3.8) is 0 Å². The van der Waals surface area contributed by atoms with E-state index in [4.69, 9.17) is 19.3 Å². The molecule has 0 saturated heterocycles. The fourth-order valence-electron chi connectivity index (χ4n) is 4.34. The normalized spacial score (nSPS) is 20.1. The summed E-state index contributed by atoms with van der Waals surface area (Å²) in [5, 5.41) is 14.5. The van der Waals surface area contributed by atoms with E-state index in [-0.39, 0.29) is 69.7 Å². The van der Waals surface area contributed by atoms with Crippen molar-refractivity contribution in [1.82, 2.24) is 10.6 Å². The van der Waals surface area contributed by atoms with Gasteiger partial charge in [0.15, 0.2) is 0 Å². The number of amides is 2. The maximum Gasteiger partial charge on any atom is 0.309 e. The highest BCUT2D eigenvalue weighted by Crippen LogP contribution is 2.18. The van der Waals surface area contributed by atoms with Crippen molar-refractivity contribution in [2.24, 2.45) is 11.8 Å². The van der Waals surface area contributed by atoms with Crippen LogP contribution in [0.3, 0.4) is 0 Å². The molecule has 3 atom stereocenters. The molecule has 2 aromatic carbocycles. The van der Waals surface area contributed by atoms with E-state index in [1.165, 1.54) is 0 Å². The lowest BCUT2D eigenvalue weighted by atomic mass is 9.94. The Hall–Kier alpha value is -3.53. The Morgan fingerprint density at radius 2 is 1.60 bits per heavy atom. The van der Waals surface area contributed by atoms with Crippen LogP contribution in [-0.2, 0) is 41.6 Å². The minimum absolute atomic E-state index is 0.000990. The lowest BCUT2D eigenvalue weighted by Crippen LogP contribution is -2.46. The van der Waals surface area contributed by atoms with Crippen molar-refractivity contribution < 1.29 is 33.7 Å². The quantitative estimate of drug-likeness (QED) is 0.198. The van der Waals surface area contributed by atoms with Gasteiger partial charge in [-0.1, -0.05) is 72.8 Å². The molecule has 3 rings (SSSR count). The summed E-state index contributed by atoms with van der Waals surface area (Å²) < 4.78 is 16.7. The van der Waals surface area contributed by atoms with Gasteiger partial charge in [0.05, 0.1) is 50.9 Å². The Balaban J connectivity index is 1.67. The number of aliphatic hydroxyl groups excluding tert-OH is 1. The molecule has 0 saturated carbocycles. The highest BCUT2D eigenvalue weighted by molar-refractivity contribution is 5.86. The van der Waals surface area contributed by atoms with E-state index in [9.17, 15) is 14.4 Å². The number of rotatable bonds is 13. The largest absolute Gasteiger partial charge is 0.463 e. The summed E-state index contributed by atoms with van der Waals surface area (Å²) >= 11 is 0. The minimum atomic E-state index is -0.603. The second-order valence-corrected chi connectivity index (χ2v) is 9.75. The van der Waals surface area contributed by atoms with Crippen molar-refractivity contribution in [3.05, 3.63) is 83.9 Å². The van der Waals surface area contributed by atoms with Crippen LogP contribution in [0.4, 0.5) is 0 Å². The predicted molar refractivity (Wildman–Crippen MR) is 150 cm³/mol. The predicted octanol–water partition coefficient (Wildman–Crippen LogP) is 2.57. The zero-order chi connectivity index (χ0) is 28.4. The number of carbonyl (C=O) groups excluding carboxylic acids is 3. The second-order valence-electron chi connectivity index (χ2n) is 9.75. The Labute approximate surface area is 235 Å². The molecule has 1 aliphatic rings. The summed E-state index contributed by atoms with van der Waals surface area (Å²) in [6, 6.07) is 18.9. The van der Waals surface area contributed by atoms with Gasteiger partial charge < -0.3 is 30.0 Å². The molecule has 0 aliphatic carbocycles. The molecule has 9 nitrogen and oxygen atoms in total. The lowest BCUT2D eigenvalue weighted by Gasteiger charge is -2.24. The van der Waals surface area contributed by atoms with Gasteiger partial charge in [-0.3, -0.25) is 14.4 Å². The maximum atomic E-state index is 13.2. The van der Waals surface area contributed by atoms with Gasteiger partial charge in [0.25, 0.3) is 0 Å². The molecule has 3 N–H and O–H groups in total. The summed E-state index contributed by atoms with van der Waals surface area (Å²) in [5.74, 6) is -1.87. The zero-order valence-electron chi connectivity index (χ0n) is 22.8. The summed E-state index contributed by atoms with van der Waals surface area (Å²) in [5.41, 5.74) is 2.03. The van der Waals surface area contributed by atoms with E-state index in [0.717, 1.165) is 11.1 Å². The number of esters is 1. The topological polar surface area (TPSA) is 123 Å². The summed E-state index contributed by atoms with van der Waals surface area (Å²) in [7, 11) is 0. The van der Waals surface area contributed by atoms with E-state index < -0.39 is 12.0 Å². The molecular formula is C31H40N2O7. The number of benzene rings is 2. The van der Waals surface area contributed by atoms with Crippen LogP contribution in [0, 0.1) is 11.8 Å². The van der Waals surface area contributed by atoms with Crippen molar-refractivity contribution >= 4 is 17.8 Å². The molecular weight excluding hydrogens is 512 g/mol. The number of carbonyl (C=O) groups is 3. The smallest absolute Gasteiger partial charge is 0.309 e. The van der Waals surface area contributed by atoms with Crippen LogP contribution in [-0.4, -0.2) is 68.5 Å². The molecule has 9 heteroatoms. The Morgan fingerprint density at radius 1 is 0.925 bits per heavy atom. The molecule has 0 radical (unpaired) electrons. The molecule has 216 valence electrons. The SMILES string of the molecule is O=C(C[C@H]1CC=CC[C@H](Cc2ccccc2)C(=O)OC[C@H](COCc2ccccc2)NC1=O)NCCOCCO. The van der Waals surface area contributed by atoms with Gasteiger partial charge >= 0.3 is 5.97 Å². The van der Waals surface area contributed by atoms with Gasteiger partial charge in [0, 0.05) is 13.0 Å². The summed E-state index contributed by atoms with van der Waals surface area (Å²) in [6.07, 6.45) is 5.10. The van der Waals surface area contributed by atoms with Crippen LogP contribution in [0.5, 0.6) is 0 Å². The minimum Gasteiger partial charge on any atom is -0.463 e. The van der Waals surface area contributed by atoms with Crippen LogP contribution < -0.4 is 10.6 Å². The third-order valence-corrected chi connectivity index (χ3v) is 6.48. The molecule has 2 amide bonds.